The van der Waals surface area contributed by atoms with Gasteiger partial charge in [0.2, 0.25) is 0 Å². The number of halogens is 1. The fourth-order valence-electron chi connectivity index (χ4n) is 2.06. The Bertz CT molecular complexity index is 536. The van der Waals surface area contributed by atoms with Crippen LogP contribution in [0, 0.1) is 5.82 Å². The van der Waals surface area contributed by atoms with Gasteiger partial charge in [0.1, 0.15) is 5.82 Å². The number of aromatic nitrogens is 2. The standard InChI is InChI=1S/C14H14FN3O/c15-12-3-1-11(2-4-12)13-5-6-14(17-16-13)18-7-9-19-10-8-18/h1-6H,7-10H2. The number of benzene rings is 1. The van der Waals surface area contributed by atoms with Crippen LogP contribution >= 0.6 is 0 Å². The van der Waals surface area contributed by atoms with Crippen LogP contribution in [0.25, 0.3) is 11.3 Å². The van der Waals surface area contributed by atoms with E-state index in [9.17, 15) is 4.39 Å². The summed E-state index contributed by atoms with van der Waals surface area (Å²) in [7, 11) is 0. The van der Waals surface area contributed by atoms with Gasteiger partial charge in [0, 0.05) is 18.7 Å². The van der Waals surface area contributed by atoms with Crippen molar-refractivity contribution >= 4 is 5.82 Å². The highest BCUT2D eigenvalue weighted by Gasteiger charge is 2.12. The lowest BCUT2D eigenvalue weighted by Gasteiger charge is -2.27. The molecule has 0 radical (unpaired) electrons. The lowest BCUT2D eigenvalue weighted by molar-refractivity contribution is 0.122. The van der Waals surface area contributed by atoms with Crippen molar-refractivity contribution in [2.45, 2.75) is 0 Å². The minimum Gasteiger partial charge on any atom is -0.378 e. The van der Waals surface area contributed by atoms with Gasteiger partial charge < -0.3 is 9.64 Å². The molecular weight excluding hydrogens is 245 g/mol. The summed E-state index contributed by atoms with van der Waals surface area (Å²) in [6.07, 6.45) is 0. The zero-order valence-electron chi connectivity index (χ0n) is 10.4. The first-order valence-electron chi connectivity index (χ1n) is 6.25. The average molecular weight is 259 g/mol. The normalized spacial score (nSPS) is 15.5. The van der Waals surface area contributed by atoms with Crippen LogP contribution in [0.3, 0.4) is 0 Å². The van der Waals surface area contributed by atoms with E-state index >= 15 is 0 Å². The van der Waals surface area contributed by atoms with E-state index in [4.69, 9.17) is 4.74 Å². The Morgan fingerprint density at radius 2 is 1.68 bits per heavy atom. The molecule has 5 heteroatoms. The third kappa shape index (κ3) is 2.71. The monoisotopic (exact) mass is 259 g/mol. The second-order valence-corrected chi connectivity index (χ2v) is 4.38. The van der Waals surface area contributed by atoms with E-state index in [1.807, 2.05) is 12.1 Å². The highest BCUT2D eigenvalue weighted by molar-refractivity contribution is 5.59. The molecule has 0 atom stereocenters. The Balaban J connectivity index is 1.80. The minimum absolute atomic E-state index is 0.248. The summed E-state index contributed by atoms with van der Waals surface area (Å²) in [5, 5.41) is 8.43. The Kier molecular flexibility index (Phi) is 3.37. The van der Waals surface area contributed by atoms with Gasteiger partial charge in [0.25, 0.3) is 0 Å². The van der Waals surface area contributed by atoms with Crippen LogP contribution in [0.5, 0.6) is 0 Å². The zero-order chi connectivity index (χ0) is 13.1. The molecule has 1 aliphatic heterocycles. The summed E-state index contributed by atoms with van der Waals surface area (Å²) < 4.78 is 18.2. The van der Waals surface area contributed by atoms with Gasteiger partial charge >= 0.3 is 0 Å². The highest BCUT2D eigenvalue weighted by atomic mass is 19.1. The third-order valence-corrected chi connectivity index (χ3v) is 3.13. The van der Waals surface area contributed by atoms with E-state index in [0.717, 1.165) is 43.4 Å². The predicted octanol–water partition coefficient (Wildman–Crippen LogP) is 2.12. The largest absolute Gasteiger partial charge is 0.378 e. The molecule has 2 heterocycles. The van der Waals surface area contributed by atoms with Crippen LogP contribution in [0.15, 0.2) is 36.4 Å². The molecule has 19 heavy (non-hydrogen) atoms. The molecule has 0 amide bonds. The van der Waals surface area contributed by atoms with Crippen LogP contribution in [0.4, 0.5) is 10.2 Å². The molecule has 0 bridgehead atoms. The summed E-state index contributed by atoms with van der Waals surface area (Å²) in [6, 6.07) is 10.1. The average Bonchev–Trinajstić information content (AvgIpc) is 2.49. The van der Waals surface area contributed by atoms with Crippen LogP contribution < -0.4 is 4.90 Å². The molecule has 1 aliphatic rings. The third-order valence-electron chi connectivity index (χ3n) is 3.13. The molecule has 2 aromatic rings. The van der Waals surface area contributed by atoms with Crippen molar-refractivity contribution in [3.63, 3.8) is 0 Å². The van der Waals surface area contributed by atoms with Crippen LogP contribution in [0.1, 0.15) is 0 Å². The summed E-state index contributed by atoms with van der Waals surface area (Å²) in [4.78, 5) is 2.14. The molecular formula is C14H14FN3O. The maximum atomic E-state index is 12.9. The predicted molar refractivity (Wildman–Crippen MR) is 70.5 cm³/mol. The van der Waals surface area contributed by atoms with Gasteiger partial charge in [-0.3, -0.25) is 0 Å². The molecule has 0 unspecified atom stereocenters. The van der Waals surface area contributed by atoms with Gasteiger partial charge in [-0.15, -0.1) is 10.2 Å². The van der Waals surface area contributed by atoms with E-state index in [-0.39, 0.29) is 5.82 Å². The second kappa shape index (κ2) is 5.32. The van der Waals surface area contributed by atoms with Gasteiger partial charge in [-0.2, -0.15) is 0 Å². The molecule has 0 N–H and O–H groups in total. The van der Waals surface area contributed by atoms with E-state index in [2.05, 4.69) is 15.1 Å². The molecule has 98 valence electrons. The molecule has 1 saturated heterocycles. The first-order valence-corrected chi connectivity index (χ1v) is 6.25. The number of anilines is 1. The van der Waals surface area contributed by atoms with Crippen molar-refractivity contribution in [3.05, 3.63) is 42.2 Å². The lowest BCUT2D eigenvalue weighted by Crippen LogP contribution is -2.36. The summed E-state index contributed by atoms with van der Waals surface area (Å²) in [5.74, 6) is 0.607. The van der Waals surface area contributed by atoms with Crippen molar-refractivity contribution in [1.82, 2.24) is 10.2 Å². The first kappa shape index (κ1) is 12.0. The van der Waals surface area contributed by atoms with E-state index in [1.54, 1.807) is 12.1 Å². The number of morpholine rings is 1. The Hall–Kier alpha value is -2.01. The molecule has 0 saturated carbocycles. The molecule has 1 aromatic heterocycles. The summed E-state index contributed by atoms with van der Waals surface area (Å²) >= 11 is 0. The number of hydrogen-bond acceptors (Lipinski definition) is 4. The van der Waals surface area contributed by atoms with E-state index < -0.39 is 0 Å². The molecule has 1 fully saturated rings. The molecule has 4 nitrogen and oxygen atoms in total. The zero-order valence-corrected chi connectivity index (χ0v) is 10.4. The number of ether oxygens (including phenoxy) is 1. The number of nitrogens with zero attached hydrogens (tertiary/aromatic N) is 3. The number of hydrogen-bond donors (Lipinski definition) is 0. The summed E-state index contributed by atoms with van der Waals surface area (Å²) in [6.45, 7) is 3.12. The fraction of sp³-hybridized carbons (Fsp3) is 0.286. The highest BCUT2D eigenvalue weighted by Crippen LogP contribution is 2.19. The molecule has 0 aliphatic carbocycles. The Morgan fingerprint density at radius 1 is 0.947 bits per heavy atom. The van der Waals surface area contributed by atoms with Gasteiger partial charge in [-0.25, -0.2) is 4.39 Å². The van der Waals surface area contributed by atoms with Gasteiger partial charge in [-0.05, 0) is 36.4 Å². The van der Waals surface area contributed by atoms with E-state index in [0.29, 0.717) is 0 Å². The lowest BCUT2D eigenvalue weighted by atomic mass is 10.1. The van der Waals surface area contributed by atoms with Crippen LogP contribution in [-0.2, 0) is 4.74 Å². The smallest absolute Gasteiger partial charge is 0.151 e. The topological polar surface area (TPSA) is 38.2 Å². The minimum atomic E-state index is -0.248. The quantitative estimate of drug-likeness (QED) is 0.828. The van der Waals surface area contributed by atoms with Gasteiger partial charge in [0.15, 0.2) is 5.82 Å². The molecule has 3 rings (SSSR count). The fourth-order valence-corrected chi connectivity index (χ4v) is 2.06. The first-order chi connectivity index (χ1) is 9.33. The SMILES string of the molecule is Fc1ccc(-c2ccc(N3CCOCC3)nn2)cc1. The number of rotatable bonds is 2. The maximum Gasteiger partial charge on any atom is 0.151 e. The van der Waals surface area contributed by atoms with Gasteiger partial charge in [0.05, 0.1) is 18.9 Å². The van der Waals surface area contributed by atoms with Crippen LogP contribution in [0.2, 0.25) is 0 Å². The van der Waals surface area contributed by atoms with Crippen molar-refractivity contribution in [3.8, 4) is 11.3 Å². The Labute approximate surface area is 110 Å². The van der Waals surface area contributed by atoms with Crippen molar-refractivity contribution < 1.29 is 9.13 Å². The maximum absolute atomic E-state index is 12.9. The molecule has 0 spiro atoms. The van der Waals surface area contributed by atoms with Crippen molar-refractivity contribution in [2.75, 3.05) is 31.2 Å². The Morgan fingerprint density at radius 3 is 2.32 bits per heavy atom. The van der Waals surface area contributed by atoms with Gasteiger partial charge in [-0.1, -0.05) is 0 Å². The molecule has 1 aromatic carbocycles. The van der Waals surface area contributed by atoms with Crippen molar-refractivity contribution in [2.24, 2.45) is 0 Å². The second-order valence-electron chi connectivity index (χ2n) is 4.38. The summed E-state index contributed by atoms with van der Waals surface area (Å²) in [5.41, 5.74) is 1.61. The van der Waals surface area contributed by atoms with Crippen molar-refractivity contribution in [1.29, 1.82) is 0 Å². The van der Waals surface area contributed by atoms with Crippen LogP contribution in [-0.4, -0.2) is 36.5 Å². The van der Waals surface area contributed by atoms with E-state index in [1.165, 1.54) is 12.1 Å².